The Morgan fingerprint density at radius 1 is 1.09 bits per heavy atom. The van der Waals surface area contributed by atoms with Gasteiger partial charge in [0.2, 0.25) is 0 Å². The van der Waals surface area contributed by atoms with Crippen molar-refractivity contribution in [2.24, 2.45) is 0 Å². The number of hydrogen-bond donors (Lipinski definition) is 4. The molecule has 2 aromatic heterocycles. The van der Waals surface area contributed by atoms with Crippen molar-refractivity contribution in [1.29, 1.82) is 0 Å². The number of nitrogen functional groups attached to an aromatic ring is 1. The Labute approximate surface area is 198 Å². The van der Waals surface area contributed by atoms with Gasteiger partial charge < -0.3 is 25.7 Å². The van der Waals surface area contributed by atoms with Gasteiger partial charge in [-0.3, -0.25) is 4.79 Å². The fourth-order valence-electron chi connectivity index (χ4n) is 3.33. The van der Waals surface area contributed by atoms with E-state index in [9.17, 15) is 9.90 Å². The maximum atomic E-state index is 12.8. The zero-order chi connectivity index (χ0) is 22.8. The molecule has 4 rings (SSSR count). The van der Waals surface area contributed by atoms with Gasteiger partial charge in [-0.1, -0.05) is 52.1 Å². The van der Waals surface area contributed by atoms with Crippen molar-refractivity contribution in [2.45, 2.75) is 6.04 Å². The summed E-state index contributed by atoms with van der Waals surface area (Å²) in [5, 5.41) is 17.7. The zero-order valence-electron chi connectivity index (χ0n) is 16.4. The third-order valence-corrected chi connectivity index (χ3v) is 5.47. The minimum Gasteiger partial charge on any atom is -0.394 e. The molecule has 164 valence electrons. The number of nitrogens with zero attached hydrogens (tertiary/aromatic N) is 1. The number of carbonyl (C=O) groups excluding carboxylic acids is 1. The molecule has 10 heteroatoms. The summed E-state index contributed by atoms with van der Waals surface area (Å²) < 4.78 is 5.43. The second-order valence-electron chi connectivity index (χ2n) is 7.00. The van der Waals surface area contributed by atoms with Crippen molar-refractivity contribution in [3.8, 4) is 22.5 Å². The molecule has 32 heavy (non-hydrogen) atoms. The van der Waals surface area contributed by atoms with Gasteiger partial charge in [0.05, 0.1) is 18.2 Å². The summed E-state index contributed by atoms with van der Waals surface area (Å²) in [5.74, 6) is 0.149. The zero-order valence-corrected chi connectivity index (χ0v) is 18.7. The Kier molecular flexibility index (Phi) is 6.43. The molecular formula is C22H17Cl3N4O3. The van der Waals surface area contributed by atoms with E-state index in [2.05, 4.69) is 15.5 Å². The van der Waals surface area contributed by atoms with Crippen LogP contribution in [0.1, 0.15) is 22.1 Å². The predicted molar refractivity (Wildman–Crippen MR) is 125 cm³/mol. The van der Waals surface area contributed by atoms with Crippen LogP contribution in [-0.4, -0.2) is 27.8 Å². The first kappa shape index (κ1) is 22.2. The van der Waals surface area contributed by atoms with E-state index in [-0.39, 0.29) is 18.1 Å². The number of amides is 1. The Balaban J connectivity index is 1.60. The van der Waals surface area contributed by atoms with E-state index in [0.29, 0.717) is 37.5 Å². The Hall–Kier alpha value is -2.97. The van der Waals surface area contributed by atoms with Crippen LogP contribution in [0, 0.1) is 0 Å². The molecule has 2 aromatic carbocycles. The lowest BCUT2D eigenvalue weighted by Gasteiger charge is -2.17. The standard InChI is InChI=1S/C22H17Cl3N4O3/c23-14-3-1-2-11(4-14)19-20(32-29-21(19)26)13-7-17(27-9-13)22(31)28-18(10-30)12-5-15(24)8-16(25)6-12/h1-9,18,27,30H,10H2,(H2,26,29)(H,28,31). The summed E-state index contributed by atoms with van der Waals surface area (Å²) in [6, 6.07) is 12.8. The number of halogens is 3. The van der Waals surface area contributed by atoms with Crippen LogP contribution in [0.4, 0.5) is 5.82 Å². The van der Waals surface area contributed by atoms with Crippen LogP contribution in [0.2, 0.25) is 15.1 Å². The topological polar surface area (TPSA) is 117 Å². The van der Waals surface area contributed by atoms with Crippen molar-refractivity contribution in [2.75, 3.05) is 12.3 Å². The van der Waals surface area contributed by atoms with Crippen LogP contribution in [0.25, 0.3) is 22.5 Å². The molecule has 7 nitrogen and oxygen atoms in total. The van der Waals surface area contributed by atoms with Gasteiger partial charge in [-0.05, 0) is 47.5 Å². The first-order chi connectivity index (χ1) is 15.4. The van der Waals surface area contributed by atoms with Gasteiger partial charge in [-0.2, -0.15) is 0 Å². The van der Waals surface area contributed by atoms with Crippen molar-refractivity contribution >= 4 is 46.5 Å². The smallest absolute Gasteiger partial charge is 0.268 e. The molecule has 1 amide bonds. The van der Waals surface area contributed by atoms with Crippen LogP contribution in [0.5, 0.6) is 0 Å². The fraction of sp³-hybridized carbons (Fsp3) is 0.0909. The van der Waals surface area contributed by atoms with E-state index in [4.69, 9.17) is 45.1 Å². The summed E-state index contributed by atoms with van der Waals surface area (Å²) >= 11 is 18.2. The average Bonchev–Trinajstić information content (AvgIpc) is 3.38. The monoisotopic (exact) mass is 490 g/mol. The number of hydrogen-bond acceptors (Lipinski definition) is 5. The van der Waals surface area contributed by atoms with Crippen LogP contribution in [0.15, 0.2) is 59.3 Å². The van der Waals surface area contributed by atoms with Crippen LogP contribution < -0.4 is 11.1 Å². The quantitative estimate of drug-likeness (QED) is 0.290. The molecule has 0 saturated carbocycles. The van der Waals surface area contributed by atoms with E-state index < -0.39 is 11.9 Å². The summed E-state index contributed by atoms with van der Waals surface area (Å²) in [4.78, 5) is 15.7. The molecule has 0 aliphatic heterocycles. The van der Waals surface area contributed by atoms with Crippen LogP contribution >= 0.6 is 34.8 Å². The first-order valence-electron chi connectivity index (χ1n) is 9.43. The molecule has 0 bridgehead atoms. The van der Waals surface area contributed by atoms with E-state index in [1.807, 2.05) is 6.07 Å². The molecule has 1 unspecified atom stereocenters. The number of rotatable bonds is 6. The molecule has 1 atom stereocenters. The molecule has 0 aliphatic carbocycles. The summed E-state index contributed by atoms with van der Waals surface area (Å²) in [5.41, 5.74) is 8.71. The number of aliphatic hydroxyl groups is 1. The van der Waals surface area contributed by atoms with Crippen molar-refractivity contribution in [3.63, 3.8) is 0 Å². The van der Waals surface area contributed by atoms with Crippen molar-refractivity contribution < 1.29 is 14.4 Å². The highest BCUT2D eigenvalue weighted by Crippen LogP contribution is 2.37. The molecule has 0 spiro atoms. The molecule has 0 aliphatic rings. The van der Waals surface area contributed by atoms with Gasteiger partial charge >= 0.3 is 0 Å². The minimum absolute atomic E-state index is 0.202. The summed E-state index contributed by atoms with van der Waals surface area (Å²) in [7, 11) is 0. The van der Waals surface area contributed by atoms with E-state index in [1.54, 1.807) is 48.7 Å². The van der Waals surface area contributed by atoms with E-state index in [1.165, 1.54) is 0 Å². The normalized spacial score (nSPS) is 12.0. The SMILES string of the molecule is Nc1noc(-c2c[nH]c(C(=O)NC(CO)c3cc(Cl)cc(Cl)c3)c2)c1-c1cccc(Cl)c1. The van der Waals surface area contributed by atoms with Crippen molar-refractivity contribution in [3.05, 3.63) is 81.1 Å². The maximum Gasteiger partial charge on any atom is 0.268 e. The maximum absolute atomic E-state index is 12.8. The highest BCUT2D eigenvalue weighted by atomic mass is 35.5. The highest BCUT2D eigenvalue weighted by Gasteiger charge is 2.22. The van der Waals surface area contributed by atoms with Crippen LogP contribution in [-0.2, 0) is 0 Å². The fourth-order valence-corrected chi connectivity index (χ4v) is 4.06. The molecule has 4 aromatic rings. The summed E-state index contributed by atoms with van der Waals surface area (Å²) in [6.07, 6.45) is 1.60. The molecular weight excluding hydrogens is 475 g/mol. The number of carbonyl (C=O) groups is 1. The lowest BCUT2D eigenvalue weighted by molar-refractivity contribution is 0.0911. The van der Waals surface area contributed by atoms with Gasteiger partial charge in [-0.15, -0.1) is 0 Å². The van der Waals surface area contributed by atoms with Gasteiger partial charge in [0.15, 0.2) is 11.6 Å². The molecule has 0 radical (unpaired) electrons. The number of nitrogens with two attached hydrogens (primary N) is 1. The number of aromatic nitrogens is 2. The average molecular weight is 492 g/mol. The summed E-state index contributed by atoms with van der Waals surface area (Å²) in [6.45, 7) is -0.340. The second kappa shape index (κ2) is 9.26. The second-order valence-corrected chi connectivity index (χ2v) is 8.31. The van der Waals surface area contributed by atoms with Crippen molar-refractivity contribution in [1.82, 2.24) is 15.5 Å². The lowest BCUT2D eigenvalue weighted by Crippen LogP contribution is -2.31. The third kappa shape index (κ3) is 4.61. The molecule has 0 saturated heterocycles. The number of nitrogens with one attached hydrogen (secondary N) is 2. The third-order valence-electron chi connectivity index (χ3n) is 4.80. The number of H-pyrrole nitrogens is 1. The van der Waals surface area contributed by atoms with Crippen LogP contribution in [0.3, 0.4) is 0 Å². The van der Waals surface area contributed by atoms with Gasteiger partial charge in [0.1, 0.15) is 5.69 Å². The molecule has 2 heterocycles. The molecule has 5 N–H and O–H groups in total. The van der Waals surface area contributed by atoms with Gasteiger partial charge in [0.25, 0.3) is 5.91 Å². The number of benzene rings is 2. The first-order valence-corrected chi connectivity index (χ1v) is 10.6. The predicted octanol–water partition coefficient (Wildman–Crippen LogP) is 5.34. The Morgan fingerprint density at radius 2 is 1.84 bits per heavy atom. The number of aromatic amines is 1. The van der Waals surface area contributed by atoms with E-state index in [0.717, 1.165) is 5.56 Å². The largest absolute Gasteiger partial charge is 0.394 e. The van der Waals surface area contributed by atoms with Gasteiger partial charge in [-0.25, -0.2) is 0 Å². The highest BCUT2D eigenvalue weighted by molar-refractivity contribution is 6.34. The Bertz CT molecular complexity index is 1260. The van der Waals surface area contributed by atoms with Gasteiger partial charge in [0, 0.05) is 26.8 Å². The van der Waals surface area contributed by atoms with E-state index >= 15 is 0 Å². The Morgan fingerprint density at radius 3 is 2.53 bits per heavy atom. The minimum atomic E-state index is -0.701. The number of aliphatic hydroxyl groups excluding tert-OH is 1. The number of anilines is 1. The lowest BCUT2D eigenvalue weighted by atomic mass is 10.0. The molecule has 0 fully saturated rings.